The highest BCUT2D eigenvalue weighted by atomic mass is 19.1. The lowest BCUT2D eigenvalue weighted by Gasteiger charge is -2.28. The summed E-state index contributed by atoms with van der Waals surface area (Å²) in [5.74, 6) is -0.520. The molecule has 0 fully saturated rings. The minimum Gasteiger partial charge on any atom is -0.365 e. The summed E-state index contributed by atoms with van der Waals surface area (Å²) in [5.41, 5.74) is 10.2. The fourth-order valence-electron chi connectivity index (χ4n) is 3.99. The van der Waals surface area contributed by atoms with Crippen molar-refractivity contribution in [2.24, 2.45) is 5.73 Å². The van der Waals surface area contributed by atoms with E-state index in [0.29, 0.717) is 24.9 Å². The summed E-state index contributed by atoms with van der Waals surface area (Å²) >= 11 is 0. The largest absolute Gasteiger partial charge is 0.365 e. The number of hydrogen-bond acceptors (Lipinski definition) is 6. The van der Waals surface area contributed by atoms with E-state index in [2.05, 4.69) is 15.3 Å². The number of hydrogen-bond donors (Lipinski definition) is 2. The molecule has 2 aromatic heterocycles. The number of likely N-dealkylation sites (N-methyl/N-ethyl adjacent to an activating group) is 1. The molecule has 7 nitrogen and oxygen atoms in total. The average molecular weight is 433 g/mol. The maximum absolute atomic E-state index is 13.5. The van der Waals surface area contributed by atoms with Crippen molar-refractivity contribution >= 4 is 17.4 Å². The second-order valence-electron chi connectivity index (χ2n) is 7.93. The van der Waals surface area contributed by atoms with Crippen molar-refractivity contribution in [2.75, 3.05) is 25.0 Å². The molecule has 0 unspecified atom stereocenters. The van der Waals surface area contributed by atoms with Gasteiger partial charge in [0, 0.05) is 49.4 Å². The molecular formula is C24H24FN5O2. The van der Waals surface area contributed by atoms with Crippen molar-refractivity contribution in [3.05, 3.63) is 77.6 Å². The number of aromatic nitrogens is 2. The Morgan fingerprint density at radius 1 is 1.28 bits per heavy atom. The first-order valence-corrected chi connectivity index (χ1v) is 10.4. The smallest absolute Gasteiger partial charge is 0.253 e. The third kappa shape index (κ3) is 4.65. The first kappa shape index (κ1) is 21.6. The highest BCUT2D eigenvalue weighted by Gasteiger charge is 2.24. The molecule has 0 aliphatic carbocycles. The molecule has 3 N–H and O–H groups in total. The number of nitrogens with one attached hydrogen (secondary N) is 1. The van der Waals surface area contributed by atoms with Gasteiger partial charge in [-0.2, -0.15) is 0 Å². The first-order valence-electron chi connectivity index (χ1n) is 10.4. The predicted octanol–water partition coefficient (Wildman–Crippen LogP) is 2.14. The summed E-state index contributed by atoms with van der Waals surface area (Å²) in [6.45, 7) is 0.531. The van der Waals surface area contributed by atoms with Gasteiger partial charge in [0.25, 0.3) is 5.91 Å². The van der Waals surface area contributed by atoms with Crippen LogP contribution in [0.15, 0.2) is 55.0 Å². The Hall–Kier alpha value is -3.65. The third-order valence-corrected chi connectivity index (χ3v) is 5.46. The van der Waals surface area contributed by atoms with Crippen LogP contribution in [0, 0.1) is 5.82 Å². The Morgan fingerprint density at radius 3 is 2.91 bits per heavy atom. The second kappa shape index (κ2) is 9.23. The van der Waals surface area contributed by atoms with Gasteiger partial charge in [-0.15, -0.1) is 0 Å². The lowest BCUT2D eigenvalue weighted by Crippen LogP contribution is -2.41. The Balaban J connectivity index is 1.56. The maximum Gasteiger partial charge on any atom is 0.253 e. The van der Waals surface area contributed by atoms with Crippen molar-refractivity contribution in [3.8, 4) is 11.1 Å². The quantitative estimate of drug-likeness (QED) is 0.618. The molecule has 0 saturated carbocycles. The number of benzene rings is 1. The molecule has 0 spiro atoms. The van der Waals surface area contributed by atoms with E-state index in [0.717, 1.165) is 28.1 Å². The van der Waals surface area contributed by atoms with Gasteiger partial charge in [0.15, 0.2) is 5.78 Å². The number of fused-ring (bicyclic) bond motifs is 1. The molecule has 0 saturated heterocycles. The van der Waals surface area contributed by atoms with Crippen LogP contribution in [0.25, 0.3) is 11.1 Å². The van der Waals surface area contributed by atoms with E-state index in [1.165, 1.54) is 18.3 Å². The number of halogens is 1. The molecule has 1 amide bonds. The third-order valence-electron chi connectivity index (χ3n) is 5.46. The topological polar surface area (TPSA) is 101 Å². The monoisotopic (exact) mass is 433 g/mol. The van der Waals surface area contributed by atoms with Crippen molar-refractivity contribution in [1.82, 2.24) is 15.3 Å². The van der Waals surface area contributed by atoms with Crippen molar-refractivity contribution in [1.29, 1.82) is 0 Å². The molecule has 8 heteroatoms. The molecule has 0 bridgehead atoms. The molecule has 1 atom stereocenters. The van der Waals surface area contributed by atoms with Gasteiger partial charge >= 0.3 is 0 Å². The zero-order valence-electron chi connectivity index (χ0n) is 17.7. The zero-order valence-corrected chi connectivity index (χ0v) is 17.7. The van der Waals surface area contributed by atoms with Gasteiger partial charge in [0.1, 0.15) is 5.82 Å². The Labute approximate surface area is 185 Å². The lowest BCUT2D eigenvalue weighted by molar-refractivity contribution is -0.117. The van der Waals surface area contributed by atoms with E-state index in [-0.39, 0.29) is 30.1 Å². The summed E-state index contributed by atoms with van der Waals surface area (Å²) in [6.07, 6.45) is 5.55. The SMILES string of the molecule is CN1CC(=O)Cc2nccc(-c3cncc(C(=O)N[C@H](CN)Cc4cccc(F)c4)c3)c21. The second-order valence-corrected chi connectivity index (χ2v) is 7.93. The Bertz CT molecular complexity index is 1170. The number of carbonyl (C=O) groups is 2. The van der Waals surface area contributed by atoms with E-state index in [1.54, 1.807) is 30.6 Å². The van der Waals surface area contributed by atoms with Crippen LogP contribution in [0.5, 0.6) is 0 Å². The number of anilines is 1. The number of nitrogens with two attached hydrogens (primary N) is 1. The van der Waals surface area contributed by atoms with E-state index >= 15 is 0 Å². The number of ketones is 1. The number of rotatable bonds is 6. The molecule has 1 aromatic carbocycles. The van der Waals surface area contributed by atoms with Crippen LogP contribution < -0.4 is 16.0 Å². The summed E-state index contributed by atoms with van der Waals surface area (Å²) in [4.78, 5) is 35.3. The number of nitrogens with zero attached hydrogens (tertiary/aromatic N) is 3. The Morgan fingerprint density at radius 2 is 2.12 bits per heavy atom. The van der Waals surface area contributed by atoms with Crippen LogP contribution in [0.2, 0.25) is 0 Å². The first-order chi connectivity index (χ1) is 15.4. The highest BCUT2D eigenvalue weighted by molar-refractivity contribution is 5.97. The van der Waals surface area contributed by atoms with E-state index < -0.39 is 0 Å². The molecule has 4 rings (SSSR count). The van der Waals surface area contributed by atoms with Crippen molar-refractivity contribution in [3.63, 3.8) is 0 Å². The molecule has 1 aliphatic rings. The molecule has 3 heterocycles. The number of amides is 1. The van der Waals surface area contributed by atoms with Crippen LogP contribution in [0.1, 0.15) is 21.6 Å². The van der Waals surface area contributed by atoms with Gasteiger partial charge in [-0.1, -0.05) is 12.1 Å². The summed E-state index contributed by atoms with van der Waals surface area (Å²) in [5, 5.41) is 2.91. The minimum atomic E-state index is -0.348. The standard InChI is InChI=1S/C24H24FN5O2/c1-30-14-20(31)10-22-23(30)21(5-6-28-22)16-9-17(13-27-12-16)24(32)29-19(11-26)8-15-3-2-4-18(25)7-15/h2-7,9,12-13,19H,8,10-11,14,26H2,1H3,(H,29,32)/t19-/m0/s1. The fraction of sp³-hybridized carbons (Fsp3) is 0.250. The van der Waals surface area contributed by atoms with Gasteiger partial charge in [0.2, 0.25) is 0 Å². The number of pyridine rings is 2. The van der Waals surface area contributed by atoms with Gasteiger partial charge in [-0.05, 0) is 36.2 Å². The van der Waals surface area contributed by atoms with E-state index in [9.17, 15) is 14.0 Å². The summed E-state index contributed by atoms with van der Waals surface area (Å²) < 4.78 is 13.5. The van der Waals surface area contributed by atoms with Gasteiger partial charge in [-0.25, -0.2) is 4.39 Å². The molecule has 32 heavy (non-hydrogen) atoms. The molecule has 0 radical (unpaired) electrons. The van der Waals surface area contributed by atoms with Crippen LogP contribution >= 0.6 is 0 Å². The lowest BCUT2D eigenvalue weighted by atomic mass is 9.98. The van der Waals surface area contributed by atoms with Gasteiger partial charge in [0.05, 0.1) is 29.9 Å². The fourth-order valence-corrected chi connectivity index (χ4v) is 3.99. The van der Waals surface area contributed by atoms with Crippen LogP contribution in [0.4, 0.5) is 10.1 Å². The molecule has 1 aliphatic heterocycles. The number of carbonyl (C=O) groups excluding carboxylic acids is 2. The van der Waals surface area contributed by atoms with Gasteiger partial charge < -0.3 is 16.0 Å². The maximum atomic E-state index is 13.5. The zero-order chi connectivity index (χ0) is 22.7. The van der Waals surface area contributed by atoms with Crippen LogP contribution in [0.3, 0.4) is 0 Å². The predicted molar refractivity (Wildman–Crippen MR) is 120 cm³/mol. The van der Waals surface area contributed by atoms with Gasteiger partial charge in [-0.3, -0.25) is 19.6 Å². The summed E-state index contributed by atoms with van der Waals surface area (Å²) in [7, 11) is 1.85. The summed E-state index contributed by atoms with van der Waals surface area (Å²) in [6, 6.07) is 9.52. The van der Waals surface area contributed by atoms with E-state index in [1.807, 2.05) is 18.0 Å². The minimum absolute atomic E-state index is 0.113. The molecule has 3 aromatic rings. The van der Waals surface area contributed by atoms with Crippen LogP contribution in [-0.2, 0) is 17.6 Å². The van der Waals surface area contributed by atoms with Crippen molar-refractivity contribution in [2.45, 2.75) is 18.9 Å². The average Bonchev–Trinajstić information content (AvgIpc) is 2.78. The Kier molecular flexibility index (Phi) is 6.23. The van der Waals surface area contributed by atoms with Crippen LogP contribution in [-0.4, -0.2) is 47.8 Å². The van der Waals surface area contributed by atoms with E-state index in [4.69, 9.17) is 5.73 Å². The molecule has 164 valence electrons. The highest BCUT2D eigenvalue weighted by Crippen LogP contribution is 2.34. The normalized spacial score (nSPS) is 14.1. The number of Topliss-reactive ketones (excluding diaryl/α,β-unsaturated/α-hetero) is 1. The molecular weight excluding hydrogens is 409 g/mol. The van der Waals surface area contributed by atoms with Crippen molar-refractivity contribution < 1.29 is 14.0 Å².